The van der Waals surface area contributed by atoms with Gasteiger partial charge in [0.15, 0.2) is 0 Å². The number of benzene rings is 1. The Labute approximate surface area is 78.5 Å². The van der Waals surface area contributed by atoms with Crippen molar-refractivity contribution in [3.8, 4) is 0 Å². The van der Waals surface area contributed by atoms with Crippen molar-refractivity contribution >= 4 is 31.1 Å². The van der Waals surface area contributed by atoms with Crippen LogP contribution in [0.1, 0.15) is 0 Å². The molecule has 1 aromatic heterocycles. The van der Waals surface area contributed by atoms with E-state index in [0.717, 1.165) is 5.52 Å². The van der Waals surface area contributed by atoms with Gasteiger partial charge in [-0.1, -0.05) is 0 Å². The van der Waals surface area contributed by atoms with E-state index in [4.69, 9.17) is 0 Å². The molecule has 0 N–H and O–H groups in total. The van der Waals surface area contributed by atoms with Gasteiger partial charge < -0.3 is 0 Å². The van der Waals surface area contributed by atoms with Crippen molar-refractivity contribution in [2.75, 3.05) is 0 Å². The van der Waals surface area contributed by atoms with Crippen molar-refractivity contribution < 1.29 is 0 Å². The summed E-state index contributed by atoms with van der Waals surface area (Å²) in [4.78, 5) is 4.59. The molecule has 0 aliphatic rings. The summed E-state index contributed by atoms with van der Waals surface area (Å²) < 4.78 is 2.12. The van der Waals surface area contributed by atoms with E-state index in [2.05, 4.69) is 29.2 Å². The Kier molecular flexibility index (Phi) is 2.04. The fourth-order valence-electron chi connectivity index (χ4n) is 1.20. The first-order valence-electron chi connectivity index (χ1n) is 3.90. The molecule has 2 aromatic rings. The molecule has 3 nitrogen and oxygen atoms in total. The Bertz CT molecular complexity index is 394. The van der Waals surface area contributed by atoms with E-state index < -0.39 is 20.0 Å². The predicted octanol–water partition coefficient (Wildman–Crippen LogP) is 1.53. The molecule has 0 fully saturated rings. The van der Waals surface area contributed by atoms with Crippen molar-refractivity contribution in [1.82, 2.24) is 13.2 Å². The molecule has 0 amide bonds. The molecule has 1 aromatic carbocycles. The van der Waals surface area contributed by atoms with Crippen LogP contribution >= 0.6 is 0 Å². The van der Waals surface area contributed by atoms with Gasteiger partial charge in [0.1, 0.15) is 0 Å². The average Bonchev–Trinajstić information content (AvgIpc) is 2.47. The van der Waals surface area contributed by atoms with Gasteiger partial charge in [0.2, 0.25) is 0 Å². The van der Waals surface area contributed by atoms with E-state index in [9.17, 15) is 0 Å². The topological polar surface area (TPSA) is 30.7 Å². The number of aromatic nitrogens is 3. The normalized spacial score (nSPS) is 11.2. The molecule has 1 heterocycles. The van der Waals surface area contributed by atoms with E-state index >= 15 is 0 Å². The standard InChI is InChI=1S/C6H4N3.2CH3.Sn/c1-2-4-6-5(3-1)7-9-8-6;;;/h1-4H;2*1H3;/q-1;;;+1. The summed E-state index contributed by atoms with van der Waals surface area (Å²) >= 11 is -1.41. The van der Waals surface area contributed by atoms with E-state index in [1.54, 1.807) is 0 Å². The summed E-state index contributed by atoms with van der Waals surface area (Å²) in [5, 5.41) is 8.25. The number of para-hydroxylation sites is 1. The molecule has 4 heteroatoms. The zero-order chi connectivity index (χ0) is 8.55. The molecule has 0 aliphatic carbocycles. The summed E-state index contributed by atoms with van der Waals surface area (Å²) in [5.41, 5.74) is 2.20. The minimum absolute atomic E-state index is 1.01. The van der Waals surface area contributed by atoms with E-state index in [-0.39, 0.29) is 0 Å². The fraction of sp³-hybridized carbons (Fsp3) is 0.250. The third kappa shape index (κ3) is 1.22. The molecule has 0 saturated carbocycles. The van der Waals surface area contributed by atoms with Crippen LogP contribution in [-0.4, -0.2) is 33.2 Å². The van der Waals surface area contributed by atoms with Crippen molar-refractivity contribution in [2.24, 2.45) is 0 Å². The number of fused-ring (bicyclic) bond motifs is 1. The zero-order valence-electron chi connectivity index (χ0n) is 7.15. The van der Waals surface area contributed by atoms with Gasteiger partial charge in [0, 0.05) is 0 Å². The molecule has 0 atom stereocenters. The summed E-state index contributed by atoms with van der Waals surface area (Å²) in [6, 6.07) is 8.12. The van der Waals surface area contributed by atoms with E-state index in [0.29, 0.717) is 0 Å². The molecule has 0 aliphatic heterocycles. The van der Waals surface area contributed by atoms with Crippen LogP contribution in [0.25, 0.3) is 11.0 Å². The first-order valence-corrected chi connectivity index (χ1v) is 10.9. The van der Waals surface area contributed by atoms with Crippen LogP contribution in [0.4, 0.5) is 0 Å². The van der Waals surface area contributed by atoms with Gasteiger partial charge in [-0.2, -0.15) is 0 Å². The van der Waals surface area contributed by atoms with Crippen molar-refractivity contribution in [1.29, 1.82) is 0 Å². The SMILES string of the molecule is [CH3][Sn]([CH3])[n]1nnc2ccccc21. The van der Waals surface area contributed by atoms with Crippen molar-refractivity contribution in [3.63, 3.8) is 0 Å². The predicted molar refractivity (Wildman–Crippen MR) is 50.4 cm³/mol. The Hall–Kier alpha value is -0.581. The molecule has 61 valence electrons. The Balaban J connectivity index is 2.70. The van der Waals surface area contributed by atoms with Gasteiger partial charge >= 0.3 is 78.4 Å². The van der Waals surface area contributed by atoms with E-state index in [1.807, 2.05) is 18.2 Å². The molecule has 0 unspecified atom stereocenters. The monoisotopic (exact) mass is 268 g/mol. The van der Waals surface area contributed by atoms with Crippen LogP contribution in [0.15, 0.2) is 24.3 Å². The Morgan fingerprint density at radius 2 is 2.00 bits per heavy atom. The van der Waals surface area contributed by atoms with Gasteiger partial charge in [0.25, 0.3) is 0 Å². The number of hydrogen-bond acceptors (Lipinski definition) is 2. The molecule has 12 heavy (non-hydrogen) atoms. The quantitative estimate of drug-likeness (QED) is 0.733. The fourth-order valence-corrected chi connectivity index (χ4v) is 3.75. The number of hydrogen-bond donors (Lipinski definition) is 0. The van der Waals surface area contributed by atoms with Crippen molar-refractivity contribution in [3.05, 3.63) is 24.3 Å². The van der Waals surface area contributed by atoms with Gasteiger partial charge in [0.05, 0.1) is 0 Å². The second-order valence-corrected chi connectivity index (χ2v) is 9.55. The van der Waals surface area contributed by atoms with Gasteiger partial charge in [-0.25, -0.2) is 0 Å². The first kappa shape index (κ1) is 8.04. The third-order valence-electron chi connectivity index (χ3n) is 1.78. The Morgan fingerprint density at radius 3 is 2.75 bits per heavy atom. The molecular weight excluding hydrogens is 257 g/mol. The molecule has 0 spiro atoms. The van der Waals surface area contributed by atoms with Crippen LogP contribution in [0.2, 0.25) is 9.88 Å². The van der Waals surface area contributed by atoms with Gasteiger partial charge in [-0.15, -0.1) is 0 Å². The third-order valence-corrected chi connectivity index (χ3v) is 5.14. The summed E-state index contributed by atoms with van der Waals surface area (Å²) in [7, 11) is 0. The van der Waals surface area contributed by atoms with Crippen LogP contribution in [0.3, 0.4) is 0 Å². The van der Waals surface area contributed by atoms with Crippen molar-refractivity contribution in [2.45, 2.75) is 9.88 Å². The van der Waals surface area contributed by atoms with Crippen LogP contribution in [-0.2, 0) is 0 Å². The minimum atomic E-state index is -1.41. The van der Waals surface area contributed by atoms with Gasteiger partial charge in [-0.3, -0.25) is 0 Å². The van der Waals surface area contributed by atoms with Crippen LogP contribution in [0, 0.1) is 0 Å². The number of rotatable bonds is 1. The maximum absolute atomic E-state index is 4.15. The molecule has 2 rings (SSSR count). The van der Waals surface area contributed by atoms with E-state index in [1.165, 1.54) is 5.52 Å². The molecule has 1 radical (unpaired) electrons. The second kappa shape index (κ2) is 3.05. The summed E-state index contributed by atoms with van der Waals surface area (Å²) in [5.74, 6) is 0. The summed E-state index contributed by atoms with van der Waals surface area (Å²) in [6.07, 6.45) is 0. The maximum atomic E-state index is 4.15. The zero-order valence-corrected chi connectivity index (χ0v) is 10.0. The average molecular weight is 267 g/mol. The molecule has 0 bridgehead atoms. The second-order valence-electron chi connectivity index (χ2n) is 2.94. The van der Waals surface area contributed by atoms with Gasteiger partial charge in [-0.05, 0) is 0 Å². The van der Waals surface area contributed by atoms with Crippen LogP contribution in [0.5, 0.6) is 0 Å². The summed E-state index contributed by atoms with van der Waals surface area (Å²) in [6.45, 7) is 0. The number of nitrogens with zero attached hydrogens (tertiary/aromatic N) is 3. The molecule has 0 saturated heterocycles. The molecular formula is C8H10N3Sn. The first-order chi connectivity index (χ1) is 5.79. The Morgan fingerprint density at radius 1 is 1.25 bits per heavy atom. The van der Waals surface area contributed by atoms with Crippen LogP contribution < -0.4 is 0 Å².